The van der Waals surface area contributed by atoms with Crippen molar-refractivity contribution >= 4 is 11.6 Å². The van der Waals surface area contributed by atoms with Crippen molar-refractivity contribution in [3.8, 4) is 0 Å². The Balaban J connectivity index is 2.31. The maximum Gasteiger partial charge on any atom is 0.224 e. The lowest BCUT2D eigenvalue weighted by Crippen LogP contribution is -2.12. The SMILES string of the molecule is Cc1ccc(NC(=O)CCCCCCN)c(C)n1. The van der Waals surface area contributed by atoms with Gasteiger partial charge in [0, 0.05) is 12.1 Å². The Morgan fingerprint density at radius 1 is 1.22 bits per heavy atom. The molecule has 1 aromatic heterocycles. The van der Waals surface area contributed by atoms with Crippen LogP contribution in [-0.2, 0) is 4.79 Å². The van der Waals surface area contributed by atoms with E-state index in [9.17, 15) is 4.79 Å². The summed E-state index contributed by atoms with van der Waals surface area (Å²) in [6, 6.07) is 3.81. The third-order valence-electron chi connectivity index (χ3n) is 2.86. The lowest BCUT2D eigenvalue weighted by atomic mass is 10.1. The van der Waals surface area contributed by atoms with Crippen LogP contribution in [0, 0.1) is 13.8 Å². The number of anilines is 1. The molecule has 0 radical (unpaired) electrons. The van der Waals surface area contributed by atoms with Crippen molar-refractivity contribution in [2.24, 2.45) is 5.73 Å². The Hall–Kier alpha value is -1.42. The first kappa shape index (κ1) is 14.6. The number of aromatic nitrogens is 1. The summed E-state index contributed by atoms with van der Waals surface area (Å²) < 4.78 is 0. The van der Waals surface area contributed by atoms with E-state index in [2.05, 4.69) is 10.3 Å². The molecule has 0 aromatic carbocycles. The smallest absolute Gasteiger partial charge is 0.224 e. The molecule has 0 aliphatic heterocycles. The Morgan fingerprint density at radius 3 is 2.61 bits per heavy atom. The highest BCUT2D eigenvalue weighted by Gasteiger charge is 2.05. The Kier molecular flexibility index (Phi) is 6.36. The van der Waals surface area contributed by atoms with E-state index in [0.29, 0.717) is 6.42 Å². The molecule has 0 spiro atoms. The molecular weight excluding hydrogens is 226 g/mol. The standard InChI is InChI=1S/C14H23N3O/c1-11-8-9-13(12(2)16-11)17-14(18)7-5-3-4-6-10-15/h8-9H,3-7,10,15H2,1-2H3,(H,17,18). The number of hydrogen-bond donors (Lipinski definition) is 2. The molecule has 18 heavy (non-hydrogen) atoms. The molecule has 0 bridgehead atoms. The van der Waals surface area contributed by atoms with Crippen LogP contribution in [-0.4, -0.2) is 17.4 Å². The maximum absolute atomic E-state index is 11.7. The molecule has 4 heteroatoms. The fraction of sp³-hybridized carbons (Fsp3) is 0.571. The van der Waals surface area contributed by atoms with E-state index in [1.807, 2.05) is 26.0 Å². The van der Waals surface area contributed by atoms with Gasteiger partial charge in [-0.25, -0.2) is 0 Å². The van der Waals surface area contributed by atoms with Gasteiger partial charge in [-0.2, -0.15) is 0 Å². The van der Waals surface area contributed by atoms with Crippen LogP contribution >= 0.6 is 0 Å². The normalized spacial score (nSPS) is 10.4. The highest BCUT2D eigenvalue weighted by atomic mass is 16.1. The van der Waals surface area contributed by atoms with Crippen molar-refractivity contribution in [3.63, 3.8) is 0 Å². The minimum absolute atomic E-state index is 0.0662. The summed E-state index contributed by atoms with van der Waals surface area (Å²) in [5.41, 5.74) is 8.06. The zero-order chi connectivity index (χ0) is 13.4. The van der Waals surface area contributed by atoms with Gasteiger partial charge in [0.25, 0.3) is 0 Å². The first-order chi connectivity index (χ1) is 8.63. The van der Waals surface area contributed by atoms with Crippen LogP contribution in [0.15, 0.2) is 12.1 Å². The fourth-order valence-electron chi connectivity index (χ4n) is 1.81. The monoisotopic (exact) mass is 249 g/mol. The summed E-state index contributed by atoms with van der Waals surface area (Å²) in [6.45, 7) is 4.58. The van der Waals surface area contributed by atoms with Crippen molar-refractivity contribution in [2.45, 2.75) is 46.0 Å². The third-order valence-corrected chi connectivity index (χ3v) is 2.86. The number of unbranched alkanes of at least 4 members (excludes halogenated alkanes) is 3. The lowest BCUT2D eigenvalue weighted by molar-refractivity contribution is -0.116. The second-order valence-electron chi connectivity index (χ2n) is 4.59. The van der Waals surface area contributed by atoms with E-state index in [1.54, 1.807) is 0 Å². The van der Waals surface area contributed by atoms with Crippen LogP contribution < -0.4 is 11.1 Å². The van der Waals surface area contributed by atoms with Crippen molar-refractivity contribution in [1.82, 2.24) is 4.98 Å². The van der Waals surface area contributed by atoms with E-state index >= 15 is 0 Å². The van der Waals surface area contributed by atoms with Gasteiger partial charge >= 0.3 is 0 Å². The number of nitrogens with zero attached hydrogens (tertiary/aromatic N) is 1. The number of carbonyl (C=O) groups is 1. The van der Waals surface area contributed by atoms with Crippen LogP contribution in [0.25, 0.3) is 0 Å². The third kappa shape index (κ3) is 5.27. The van der Waals surface area contributed by atoms with Gasteiger partial charge in [0.1, 0.15) is 0 Å². The lowest BCUT2D eigenvalue weighted by Gasteiger charge is -2.08. The van der Waals surface area contributed by atoms with E-state index in [0.717, 1.165) is 49.3 Å². The van der Waals surface area contributed by atoms with Gasteiger partial charge in [-0.3, -0.25) is 9.78 Å². The summed E-state index contributed by atoms with van der Waals surface area (Å²) in [5, 5.41) is 2.90. The molecule has 0 aliphatic rings. The minimum Gasteiger partial charge on any atom is -0.330 e. The second kappa shape index (κ2) is 7.82. The molecule has 0 fully saturated rings. The molecule has 100 valence electrons. The van der Waals surface area contributed by atoms with Gasteiger partial charge < -0.3 is 11.1 Å². The molecule has 1 rings (SSSR count). The number of pyridine rings is 1. The summed E-state index contributed by atoms with van der Waals surface area (Å²) in [4.78, 5) is 16.0. The average Bonchev–Trinajstić information content (AvgIpc) is 2.32. The topological polar surface area (TPSA) is 68.0 Å². The van der Waals surface area contributed by atoms with Gasteiger partial charge in [0.05, 0.1) is 11.4 Å². The molecule has 1 heterocycles. The van der Waals surface area contributed by atoms with E-state index in [1.165, 1.54) is 0 Å². The van der Waals surface area contributed by atoms with Crippen LogP contribution in [0.1, 0.15) is 43.5 Å². The number of hydrogen-bond acceptors (Lipinski definition) is 3. The number of aryl methyl sites for hydroxylation is 2. The van der Waals surface area contributed by atoms with Gasteiger partial charge in [-0.15, -0.1) is 0 Å². The van der Waals surface area contributed by atoms with Crippen LogP contribution in [0.3, 0.4) is 0 Å². The first-order valence-electron chi connectivity index (χ1n) is 6.57. The summed E-state index contributed by atoms with van der Waals surface area (Å²) in [7, 11) is 0. The van der Waals surface area contributed by atoms with Crippen molar-refractivity contribution in [3.05, 3.63) is 23.5 Å². The van der Waals surface area contributed by atoms with Gasteiger partial charge in [0.15, 0.2) is 0 Å². The fourth-order valence-corrected chi connectivity index (χ4v) is 1.81. The largest absolute Gasteiger partial charge is 0.330 e. The average molecular weight is 249 g/mol. The van der Waals surface area contributed by atoms with Crippen LogP contribution in [0.5, 0.6) is 0 Å². The molecule has 3 N–H and O–H groups in total. The van der Waals surface area contributed by atoms with Crippen molar-refractivity contribution in [2.75, 3.05) is 11.9 Å². The van der Waals surface area contributed by atoms with E-state index in [-0.39, 0.29) is 5.91 Å². The Labute approximate surface area is 109 Å². The molecule has 0 unspecified atom stereocenters. The molecule has 0 aliphatic carbocycles. The molecule has 0 atom stereocenters. The number of amides is 1. The predicted octanol–water partition coefficient (Wildman–Crippen LogP) is 2.55. The maximum atomic E-state index is 11.7. The van der Waals surface area contributed by atoms with Crippen molar-refractivity contribution < 1.29 is 4.79 Å². The highest BCUT2D eigenvalue weighted by Crippen LogP contribution is 2.13. The predicted molar refractivity (Wildman–Crippen MR) is 74.5 cm³/mol. The quantitative estimate of drug-likeness (QED) is 0.730. The van der Waals surface area contributed by atoms with E-state index < -0.39 is 0 Å². The molecule has 4 nitrogen and oxygen atoms in total. The molecule has 1 amide bonds. The Bertz CT molecular complexity index is 391. The van der Waals surface area contributed by atoms with Gasteiger partial charge in [-0.1, -0.05) is 12.8 Å². The van der Waals surface area contributed by atoms with Crippen LogP contribution in [0.2, 0.25) is 0 Å². The molecule has 0 saturated carbocycles. The zero-order valence-electron chi connectivity index (χ0n) is 11.3. The second-order valence-corrected chi connectivity index (χ2v) is 4.59. The summed E-state index contributed by atoms with van der Waals surface area (Å²) in [6.07, 6.45) is 4.70. The molecular formula is C14H23N3O. The molecule has 0 saturated heterocycles. The summed E-state index contributed by atoms with van der Waals surface area (Å²) in [5.74, 6) is 0.0662. The van der Waals surface area contributed by atoms with Gasteiger partial charge in [0.2, 0.25) is 5.91 Å². The number of carbonyl (C=O) groups excluding carboxylic acids is 1. The van der Waals surface area contributed by atoms with E-state index in [4.69, 9.17) is 5.73 Å². The zero-order valence-corrected chi connectivity index (χ0v) is 11.3. The van der Waals surface area contributed by atoms with Crippen LogP contribution in [0.4, 0.5) is 5.69 Å². The first-order valence-corrected chi connectivity index (χ1v) is 6.57. The number of nitrogens with two attached hydrogens (primary N) is 1. The number of rotatable bonds is 7. The highest BCUT2D eigenvalue weighted by molar-refractivity contribution is 5.91. The molecule has 1 aromatic rings. The number of nitrogens with one attached hydrogen (secondary N) is 1. The van der Waals surface area contributed by atoms with Gasteiger partial charge in [-0.05, 0) is 45.4 Å². The van der Waals surface area contributed by atoms with Crippen molar-refractivity contribution in [1.29, 1.82) is 0 Å². The minimum atomic E-state index is 0.0662. The summed E-state index contributed by atoms with van der Waals surface area (Å²) >= 11 is 0. The Morgan fingerprint density at radius 2 is 1.94 bits per heavy atom.